The maximum atomic E-state index is 12.9. The summed E-state index contributed by atoms with van der Waals surface area (Å²) in [5, 5.41) is 12.6. The smallest absolute Gasteiger partial charge is 0.338 e. The molecule has 0 radical (unpaired) electrons. The van der Waals surface area contributed by atoms with Crippen molar-refractivity contribution in [3.8, 4) is 0 Å². The van der Waals surface area contributed by atoms with Crippen LogP contribution in [0.1, 0.15) is 32.1 Å². The summed E-state index contributed by atoms with van der Waals surface area (Å²) in [6.07, 6.45) is 3.17. The molecular formula is C15H17ClFNO4. The van der Waals surface area contributed by atoms with Crippen LogP contribution in [0.5, 0.6) is 0 Å². The molecular weight excluding hydrogens is 313 g/mol. The van der Waals surface area contributed by atoms with E-state index in [4.69, 9.17) is 16.3 Å². The van der Waals surface area contributed by atoms with Crippen molar-refractivity contribution in [3.05, 3.63) is 29.0 Å². The van der Waals surface area contributed by atoms with Crippen LogP contribution in [0.3, 0.4) is 0 Å². The van der Waals surface area contributed by atoms with E-state index in [1.807, 2.05) is 0 Å². The lowest BCUT2D eigenvalue weighted by molar-refractivity contribution is -0.170. The zero-order chi connectivity index (χ0) is 16.2. The molecule has 0 aliphatic heterocycles. The van der Waals surface area contributed by atoms with Gasteiger partial charge in [0.25, 0.3) is 5.91 Å². The van der Waals surface area contributed by atoms with Gasteiger partial charge in [0.2, 0.25) is 0 Å². The quantitative estimate of drug-likeness (QED) is 0.833. The van der Waals surface area contributed by atoms with Gasteiger partial charge in [-0.2, -0.15) is 0 Å². The molecule has 1 aromatic carbocycles. The Morgan fingerprint density at radius 1 is 1.32 bits per heavy atom. The van der Waals surface area contributed by atoms with E-state index >= 15 is 0 Å². The summed E-state index contributed by atoms with van der Waals surface area (Å²) in [6, 6.07) is 3.53. The van der Waals surface area contributed by atoms with E-state index in [9.17, 15) is 19.1 Å². The first kappa shape index (κ1) is 16.7. The van der Waals surface area contributed by atoms with E-state index in [0.29, 0.717) is 12.8 Å². The predicted octanol–water partition coefficient (Wildman–Crippen LogP) is 2.66. The number of anilines is 1. The van der Waals surface area contributed by atoms with E-state index < -0.39 is 29.9 Å². The highest BCUT2D eigenvalue weighted by molar-refractivity contribution is 6.33. The van der Waals surface area contributed by atoms with Gasteiger partial charge in [0.15, 0.2) is 12.2 Å². The van der Waals surface area contributed by atoms with Gasteiger partial charge in [0.05, 0.1) is 10.7 Å². The van der Waals surface area contributed by atoms with Crippen LogP contribution in [0.25, 0.3) is 0 Å². The van der Waals surface area contributed by atoms with Gasteiger partial charge in [0.1, 0.15) is 5.82 Å². The topological polar surface area (TPSA) is 75.6 Å². The molecule has 1 saturated carbocycles. The van der Waals surface area contributed by atoms with Crippen LogP contribution < -0.4 is 5.32 Å². The van der Waals surface area contributed by atoms with E-state index in [2.05, 4.69) is 5.32 Å². The average Bonchev–Trinajstić information content (AvgIpc) is 2.48. The Labute approximate surface area is 132 Å². The summed E-state index contributed by atoms with van der Waals surface area (Å²) in [4.78, 5) is 23.6. The van der Waals surface area contributed by atoms with E-state index in [1.165, 1.54) is 6.07 Å². The van der Waals surface area contributed by atoms with Crippen molar-refractivity contribution in [2.45, 2.75) is 37.7 Å². The number of hydrogen-bond donors (Lipinski definition) is 2. The Bertz CT molecular complexity index is 573. The summed E-state index contributed by atoms with van der Waals surface area (Å²) < 4.78 is 17.8. The van der Waals surface area contributed by atoms with Crippen molar-refractivity contribution in [3.63, 3.8) is 0 Å². The molecule has 0 saturated heterocycles. The lowest BCUT2D eigenvalue weighted by Crippen LogP contribution is -2.42. The molecule has 1 aromatic rings. The Balaban J connectivity index is 1.86. The van der Waals surface area contributed by atoms with Crippen LogP contribution in [0.2, 0.25) is 5.02 Å². The zero-order valence-electron chi connectivity index (χ0n) is 11.9. The van der Waals surface area contributed by atoms with Gasteiger partial charge >= 0.3 is 5.97 Å². The third-order valence-electron chi connectivity index (χ3n) is 3.60. The highest BCUT2D eigenvalue weighted by Gasteiger charge is 2.38. The first-order valence-electron chi connectivity index (χ1n) is 7.05. The molecule has 0 atom stereocenters. The van der Waals surface area contributed by atoms with Crippen molar-refractivity contribution in [2.75, 3.05) is 11.9 Å². The van der Waals surface area contributed by atoms with E-state index in [1.54, 1.807) is 0 Å². The normalized spacial score (nSPS) is 16.9. The predicted molar refractivity (Wildman–Crippen MR) is 79.0 cm³/mol. The second-order valence-electron chi connectivity index (χ2n) is 5.34. The van der Waals surface area contributed by atoms with Gasteiger partial charge in [-0.1, -0.05) is 18.0 Å². The standard InChI is InChI=1S/C15H17ClFNO4/c16-11-8-10(17)4-5-12(11)18-13(19)9-22-14(20)15(21)6-2-1-3-7-15/h4-5,8,21H,1-3,6-7,9H2,(H,18,19). The van der Waals surface area contributed by atoms with Crippen LogP contribution in [-0.2, 0) is 14.3 Å². The fourth-order valence-electron chi connectivity index (χ4n) is 2.38. The largest absolute Gasteiger partial charge is 0.453 e. The van der Waals surface area contributed by atoms with Gasteiger partial charge < -0.3 is 15.2 Å². The number of hydrogen-bond acceptors (Lipinski definition) is 4. The number of carbonyl (C=O) groups excluding carboxylic acids is 2. The van der Waals surface area contributed by atoms with Crippen molar-refractivity contribution in [2.24, 2.45) is 0 Å². The Hall–Kier alpha value is -1.66. The van der Waals surface area contributed by atoms with Crippen LogP contribution in [0.4, 0.5) is 10.1 Å². The van der Waals surface area contributed by atoms with Gasteiger partial charge in [-0.15, -0.1) is 0 Å². The highest BCUT2D eigenvalue weighted by Crippen LogP contribution is 2.29. The van der Waals surface area contributed by atoms with E-state index in [-0.39, 0.29) is 10.7 Å². The molecule has 120 valence electrons. The highest BCUT2D eigenvalue weighted by atomic mass is 35.5. The summed E-state index contributed by atoms with van der Waals surface area (Å²) in [7, 11) is 0. The van der Waals surface area contributed by atoms with Gasteiger partial charge in [-0.25, -0.2) is 9.18 Å². The number of aliphatic hydroxyl groups is 1. The second kappa shape index (κ2) is 7.07. The van der Waals surface area contributed by atoms with Gasteiger partial charge in [-0.05, 0) is 43.9 Å². The van der Waals surface area contributed by atoms with Crippen molar-refractivity contribution < 1.29 is 23.8 Å². The number of carbonyl (C=O) groups is 2. The number of rotatable bonds is 4. The number of halogens is 2. The Morgan fingerprint density at radius 3 is 2.64 bits per heavy atom. The summed E-state index contributed by atoms with van der Waals surface area (Å²) in [6.45, 7) is -0.533. The van der Waals surface area contributed by atoms with Gasteiger partial charge in [-0.3, -0.25) is 4.79 Å². The molecule has 1 fully saturated rings. The van der Waals surface area contributed by atoms with E-state index in [0.717, 1.165) is 31.4 Å². The lowest BCUT2D eigenvalue weighted by atomic mass is 9.85. The zero-order valence-corrected chi connectivity index (χ0v) is 12.7. The van der Waals surface area contributed by atoms with Crippen molar-refractivity contribution >= 4 is 29.2 Å². The summed E-state index contributed by atoms with van der Waals surface area (Å²) >= 11 is 5.78. The number of amides is 1. The van der Waals surface area contributed by atoms with Crippen molar-refractivity contribution in [1.82, 2.24) is 0 Å². The first-order chi connectivity index (χ1) is 10.4. The third kappa shape index (κ3) is 4.18. The number of ether oxygens (including phenoxy) is 1. The fraction of sp³-hybridized carbons (Fsp3) is 0.467. The minimum atomic E-state index is -1.49. The maximum Gasteiger partial charge on any atom is 0.338 e. The number of esters is 1. The number of benzene rings is 1. The summed E-state index contributed by atoms with van der Waals surface area (Å²) in [5.74, 6) is -1.91. The molecule has 1 amide bonds. The minimum absolute atomic E-state index is 0.0468. The molecule has 0 spiro atoms. The molecule has 0 bridgehead atoms. The molecule has 0 unspecified atom stereocenters. The molecule has 7 heteroatoms. The molecule has 1 aliphatic rings. The minimum Gasteiger partial charge on any atom is -0.453 e. The van der Waals surface area contributed by atoms with Crippen molar-refractivity contribution in [1.29, 1.82) is 0 Å². The van der Waals surface area contributed by atoms with Gasteiger partial charge in [0, 0.05) is 0 Å². The molecule has 5 nitrogen and oxygen atoms in total. The first-order valence-corrected chi connectivity index (χ1v) is 7.43. The monoisotopic (exact) mass is 329 g/mol. The average molecular weight is 330 g/mol. The van der Waals surface area contributed by atoms with Crippen LogP contribution >= 0.6 is 11.6 Å². The lowest BCUT2D eigenvalue weighted by Gasteiger charge is -2.29. The van der Waals surface area contributed by atoms with Crippen LogP contribution in [-0.4, -0.2) is 29.2 Å². The maximum absolute atomic E-state index is 12.9. The molecule has 0 heterocycles. The van der Waals surface area contributed by atoms with Crippen LogP contribution in [0, 0.1) is 5.82 Å². The second-order valence-corrected chi connectivity index (χ2v) is 5.75. The molecule has 0 aromatic heterocycles. The molecule has 22 heavy (non-hydrogen) atoms. The number of nitrogens with one attached hydrogen (secondary N) is 1. The molecule has 2 rings (SSSR count). The molecule has 2 N–H and O–H groups in total. The van der Waals surface area contributed by atoms with Crippen LogP contribution in [0.15, 0.2) is 18.2 Å². The Kier molecular flexibility index (Phi) is 5.37. The fourth-order valence-corrected chi connectivity index (χ4v) is 2.60. The summed E-state index contributed by atoms with van der Waals surface area (Å²) in [5.41, 5.74) is -1.27. The SMILES string of the molecule is O=C(COC(=O)C1(O)CCCCC1)Nc1ccc(F)cc1Cl. The third-order valence-corrected chi connectivity index (χ3v) is 3.91. The molecule has 1 aliphatic carbocycles. The Morgan fingerprint density at radius 2 is 2.00 bits per heavy atom.